The van der Waals surface area contributed by atoms with Gasteiger partial charge in [-0.15, -0.1) is 0 Å². The van der Waals surface area contributed by atoms with E-state index in [9.17, 15) is 5.11 Å². The summed E-state index contributed by atoms with van der Waals surface area (Å²) in [5, 5.41) is 12.8. The maximum absolute atomic E-state index is 9.48. The summed E-state index contributed by atoms with van der Waals surface area (Å²) in [4.78, 5) is 4.20. The molecule has 0 radical (unpaired) electrons. The third-order valence-corrected chi connectivity index (χ3v) is 2.95. The molecule has 0 aromatic carbocycles. The zero-order valence-electron chi connectivity index (χ0n) is 8.94. The number of aliphatic hydroxyl groups is 1. The van der Waals surface area contributed by atoms with Crippen molar-refractivity contribution in [2.45, 2.75) is 18.4 Å². The highest BCUT2D eigenvalue weighted by Crippen LogP contribution is 2.24. The maximum atomic E-state index is 9.48. The molecule has 0 amide bonds. The first-order valence-electron chi connectivity index (χ1n) is 5.20. The molecule has 1 aliphatic heterocycles. The molecule has 1 saturated heterocycles. The molecule has 1 aromatic rings. The minimum atomic E-state index is -0.267. The first kappa shape index (κ1) is 10.4. The predicted molar refractivity (Wildman–Crippen MR) is 56.7 cm³/mol. The van der Waals surface area contributed by atoms with Crippen LogP contribution in [0, 0.1) is 0 Å². The van der Waals surface area contributed by atoms with Gasteiger partial charge >= 0.3 is 0 Å². The van der Waals surface area contributed by atoms with E-state index in [1.54, 1.807) is 6.20 Å². The van der Waals surface area contributed by atoms with E-state index < -0.39 is 0 Å². The van der Waals surface area contributed by atoms with Crippen LogP contribution in [0.4, 0.5) is 5.95 Å². The van der Waals surface area contributed by atoms with Crippen molar-refractivity contribution in [3.8, 4) is 0 Å². The van der Waals surface area contributed by atoms with Gasteiger partial charge in [0.05, 0.1) is 12.1 Å². The van der Waals surface area contributed by atoms with Crippen LogP contribution in [0.5, 0.6) is 0 Å². The van der Waals surface area contributed by atoms with E-state index in [4.69, 9.17) is 4.74 Å². The smallest absolute Gasteiger partial charge is 0.203 e. The molecule has 2 heterocycles. The van der Waals surface area contributed by atoms with E-state index in [1.807, 2.05) is 17.8 Å². The van der Waals surface area contributed by atoms with Crippen LogP contribution in [0.2, 0.25) is 0 Å². The molecular weight excluding hydrogens is 194 g/mol. The van der Waals surface area contributed by atoms with Crippen LogP contribution in [-0.4, -0.2) is 40.0 Å². The number of ether oxygens (including phenoxy) is 1. The number of anilines is 1. The molecule has 0 saturated carbocycles. The molecule has 1 fully saturated rings. The number of nitrogens with zero attached hydrogens (tertiary/aromatic N) is 2. The van der Waals surface area contributed by atoms with E-state index in [-0.39, 0.29) is 12.1 Å². The zero-order chi connectivity index (χ0) is 10.7. The summed E-state index contributed by atoms with van der Waals surface area (Å²) >= 11 is 0. The van der Waals surface area contributed by atoms with Crippen LogP contribution >= 0.6 is 0 Å². The highest BCUT2D eigenvalue weighted by Gasteiger charge is 2.32. The number of imidazole rings is 1. The molecule has 2 N–H and O–H groups in total. The third-order valence-electron chi connectivity index (χ3n) is 2.95. The van der Waals surface area contributed by atoms with Crippen molar-refractivity contribution in [3.63, 3.8) is 0 Å². The number of aromatic nitrogens is 2. The van der Waals surface area contributed by atoms with Gasteiger partial charge in [0.15, 0.2) is 0 Å². The van der Waals surface area contributed by atoms with Gasteiger partial charge < -0.3 is 19.7 Å². The fourth-order valence-electron chi connectivity index (χ4n) is 1.81. The van der Waals surface area contributed by atoms with Crippen LogP contribution in [0.3, 0.4) is 0 Å². The summed E-state index contributed by atoms with van der Waals surface area (Å²) < 4.78 is 7.21. The number of nitrogens with one attached hydrogen (secondary N) is 1. The Bertz CT molecular complexity index is 318. The molecule has 1 aromatic heterocycles. The first-order chi connectivity index (χ1) is 7.26. The second-order valence-corrected chi connectivity index (χ2v) is 4.04. The van der Waals surface area contributed by atoms with Crippen molar-refractivity contribution in [1.29, 1.82) is 0 Å². The molecule has 0 bridgehead atoms. The zero-order valence-corrected chi connectivity index (χ0v) is 8.94. The predicted octanol–water partition coefficient (Wildman–Crippen LogP) is 0.373. The lowest BCUT2D eigenvalue weighted by Gasteiger charge is -2.36. The van der Waals surface area contributed by atoms with Crippen LogP contribution in [0.15, 0.2) is 12.4 Å². The molecule has 0 unspecified atom stereocenters. The average molecular weight is 211 g/mol. The van der Waals surface area contributed by atoms with Gasteiger partial charge in [-0.3, -0.25) is 0 Å². The van der Waals surface area contributed by atoms with Gasteiger partial charge in [-0.1, -0.05) is 0 Å². The topological polar surface area (TPSA) is 59.3 Å². The van der Waals surface area contributed by atoms with Gasteiger partial charge in [0.25, 0.3) is 0 Å². The van der Waals surface area contributed by atoms with Crippen molar-refractivity contribution in [1.82, 2.24) is 9.55 Å². The summed E-state index contributed by atoms with van der Waals surface area (Å²) in [6.45, 7) is 1.50. The van der Waals surface area contributed by atoms with Crippen molar-refractivity contribution in [2.24, 2.45) is 7.05 Å². The van der Waals surface area contributed by atoms with Gasteiger partial charge in [-0.2, -0.15) is 0 Å². The van der Waals surface area contributed by atoms with E-state index in [0.717, 1.165) is 18.8 Å². The molecule has 2 rings (SSSR count). The molecule has 0 aliphatic carbocycles. The van der Waals surface area contributed by atoms with E-state index in [0.29, 0.717) is 13.2 Å². The van der Waals surface area contributed by atoms with Gasteiger partial charge in [0, 0.05) is 32.7 Å². The van der Waals surface area contributed by atoms with Crippen molar-refractivity contribution in [3.05, 3.63) is 12.4 Å². The van der Waals surface area contributed by atoms with Crippen LogP contribution in [-0.2, 0) is 11.8 Å². The lowest BCUT2D eigenvalue weighted by molar-refractivity contribution is 0.0376. The monoisotopic (exact) mass is 211 g/mol. The number of aryl methyl sites for hydroxylation is 1. The fourth-order valence-corrected chi connectivity index (χ4v) is 1.81. The van der Waals surface area contributed by atoms with Crippen LogP contribution in [0.1, 0.15) is 12.8 Å². The first-order valence-corrected chi connectivity index (χ1v) is 5.20. The molecule has 5 heteroatoms. The number of hydrogen-bond acceptors (Lipinski definition) is 4. The van der Waals surface area contributed by atoms with Gasteiger partial charge in [0.2, 0.25) is 5.95 Å². The minimum absolute atomic E-state index is 0.114. The molecule has 1 aliphatic rings. The Balaban J connectivity index is 2.10. The highest BCUT2D eigenvalue weighted by molar-refractivity contribution is 5.31. The Morgan fingerprint density at radius 1 is 1.60 bits per heavy atom. The second-order valence-electron chi connectivity index (χ2n) is 4.04. The summed E-state index contributed by atoms with van der Waals surface area (Å²) in [5.74, 6) is 0.797. The second kappa shape index (κ2) is 4.20. The molecular formula is C10H17N3O2. The Labute approximate surface area is 89.1 Å². The largest absolute Gasteiger partial charge is 0.394 e. The Morgan fingerprint density at radius 3 is 2.87 bits per heavy atom. The highest BCUT2D eigenvalue weighted by atomic mass is 16.5. The maximum Gasteiger partial charge on any atom is 0.203 e. The molecule has 15 heavy (non-hydrogen) atoms. The SMILES string of the molecule is Cn1ccnc1NC1(CO)CCOCC1. The van der Waals surface area contributed by atoms with Crippen molar-refractivity contribution >= 4 is 5.95 Å². The van der Waals surface area contributed by atoms with Crippen LogP contribution < -0.4 is 5.32 Å². The van der Waals surface area contributed by atoms with Gasteiger partial charge in [-0.05, 0) is 12.8 Å². The lowest BCUT2D eigenvalue weighted by Crippen LogP contribution is -2.47. The van der Waals surface area contributed by atoms with Gasteiger partial charge in [-0.25, -0.2) is 4.98 Å². The molecule has 84 valence electrons. The normalized spacial score (nSPS) is 20.1. The Kier molecular flexibility index (Phi) is 2.93. The lowest BCUT2D eigenvalue weighted by atomic mass is 9.91. The number of aliphatic hydroxyl groups excluding tert-OH is 1. The standard InChI is InChI=1S/C10H17N3O2/c1-13-5-4-11-9(13)12-10(8-14)2-6-15-7-3-10/h4-5,14H,2-3,6-8H2,1H3,(H,11,12). The fraction of sp³-hybridized carbons (Fsp3) is 0.700. The third kappa shape index (κ3) is 2.13. The Morgan fingerprint density at radius 2 is 2.33 bits per heavy atom. The Hall–Kier alpha value is -1.07. The van der Waals surface area contributed by atoms with Crippen molar-refractivity contribution < 1.29 is 9.84 Å². The average Bonchev–Trinajstić information content (AvgIpc) is 2.66. The number of rotatable bonds is 3. The van der Waals surface area contributed by atoms with E-state index in [1.165, 1.54) is 0 Å². The van der Waals surface area contributed by atoms with E-state index in [2.05, 4.69) is 10.3 Å². The van der Waals surface area contributed by atoms with E-state index >= 15 is 0 Å². The van der Waals surface area contributed by atoms with Gasteiger partial charge in [0.1, 0.15) is 0 Å². The quantitative estimate of drug-likeness (QED) is 0.758. The molecule has 0 spiro atoms. The van der Waals surface area contributed by atoms with Crippen molar-refractivity contribution in [2.75, 3.05) is 25.1 Å². The molecule has 0 atom stereocenters. The summed E-state index contributed by atoms with van der Waals surface area (Å²) in [5.41, 5.74) is -0.267. The summed E-state index contributed by atoms with van der Waals surface area (Å²) in [7, 11) is 1.93. The number of hydrogen-bond donors (Lipinski definition) is 2. The minimum Gasteiger partial charge on any atom is -0.394 e. The molecule has 5 nitrogen and oxygen atoms in total. The summed E-state index contributed by atoms with van der Waals surface area (Å²) in [6.07, 6.45) is 5.26. The van der Waals surface area contributed by atoms with Crippen LogP contribution in [0.25, 0.3) is 0 Å². The summed E-state index contributed by atoms with van der Waals surface area (Å²) in [6, 6.07) is 0.